The number of rotatable bonds is 5. The van der Waals surface area contributed by atoms with Gasteiger partial charge in [0.05, 0.1) is 25.2 Å². The lowest BCUT2D eigenvalue weighted by Crippen LogP contribution is -2.36. The molecule has 4 aromatic rings. The van der Waals surface area contributed by atoms with Crippen molar-refractivity contribution in [1.29, 1.82) is 0 Å². The van der Waals surface area contributed by atoms with Crippen LogP contribution in [-0.4, -0.2) is 40.8 Å². The summed E-state index contributed by atoms with van der Waals surface area (Å²) in [6, 6.07) is 14.9. The maximum Gasteiger partial charge on any atom is 0.187 e. The molecule has 1 aliphatic heterocycles. The van der Waals surface area contributed by atoms with Gasteiger partial charge < -0.3 is 19.5 Å². The van der Waals surface area contributed by atoms with Crippen molar-refractivity contribution in [3.8, 4) is 16.9 Å². The predicted molar refractivity (Wildman–Crippen MR) is 122 cm³/mol. The molecule has 1 fully saturated rings. The average Bonchev–Trinajstić information content (AvgIpc) is 3.49. The number of ether oxygens (including phenoxy) is 1. The molecule has 0 amide bonds. The highest BCUT2D eigenvalue weighted by atomic mass is 32.1. The third-order valence-corrected chi connectivity index (χ3v) is 6.07. The Labute approximate surface area is 179 Å². The number of nitrogens with zero attached hydrogens (tertiary/aromatic N) is 4. The molecule has 0 atom stereocenters. The molecule has 1 aliphatic rings. The second-order valence-electron chi connectivity index (χ2n) is 7.28. The lowest BCUT2D eigenvalue weighted by molar-refractivity contribution is 0.122. The number of anilines is 3. The van der Waals surface area contributed by atoms with Crippen LogP contribution in [0.4, 0.5) is 16.5 Å². The van der Waals surface area contributed by atoms with Crippen LogP contribution in [-0.2, 0) is 4.74 Å². The molecule has 0 bridgehead atoms. The van der Waals surface area contributed by atoms with E-state index < -0.39 is 0 Å². The van der Waals surface area contributed by atoms with Crippen LogP contribution in [0.1, 0.15) is 5.56 Å². The zero-order valence-electron chi connectivity index (χ0n) is 16.8. The van der Waals surface area contributed by atoms with Crippen molar-refractivity contribution in [2.24, 2.45) is 0 Å². The van der Waals surface area contributed by atoms with E-state index in [-0.39, 0.29) is 0 Å². The Hall–Kier alpha value is -3.16. The van der Waals surface area contributed by atoms with Crippen LogP contribution in [0.2, 0.25) is 0 Å². The number of hydrogen-bond donors (Lipinski definition) is 1. The van der Waals surface area contributed by atoms with Crippen LogP contribution < -0.4 is 10.2 Å². The summed E-state index contributed by atoms with van der Waals surface area (Å²) < 4.78 is 7.46. The first-order chi connectivity index (χ1) is 14.8. The summed E-state index contributed by atoms with van der Waals surface area (Å²) >= 11 is 1.62. The molecule has 7 heteroatoms. The summed E-state index contributed by atoms with van der Waals surface area (Å²) in [4.78, 5) is 11.3. The van der Waals surface area contributed by atoms with Gasteiger partial charge in [-0.1, -0.05) is 18.2 Å². The first kappa shape index (κ1) is 18.8. The van der Waals surface area contributed by atoms with Crippen molar-refractivity contribution in [3.05, 3.63) is 72.1 Å². The van der Waals surface area contributed by atoms with Gasteiger partial charge in [0.15, 0.2) is 5.13 Å². The van der Waals surface area contributed by atoms with Gasteiger partial charge in [-0.15, -0.1) is 11.3 Å². The quantitative estimate of drug-likeness (QED) is 0.501. The van der Waals surface area contributed by atoms with Gasteiger partial charge in [-0.05, 0) is 36.8 Å². The summed E-state index contributed by atoms with van der Waals surface area (Å²) in [6.45, 7) is 5.55. The molecule has 3 heterocycles. The number of benzene rings is 2. The SMILES string of the molecule is Cc1ccc(N2CCOCC2)cc1Nc1nc(-c2ccc(-n3ccnc3)cc2)cs1. The number of imidazole rings is 1. The summed E-state index contributed by atoms with van der Waals surface area (Å²) in [7, 11) is 0. The monoisotopic (exact) mass is 417 g/mol. The number of aromatic nitrogens is 3. The summed E-state index contributed by atoms with van der Waals surface area (Å²) in [5.74, 6) is 0. The number of morpholine rings is 1. The molecule has 0 unspecified atom stereocenters. The van der Waals surface area contributed by atoms with Crippen LogP contribution in [0.3, 0.4) is 0 Å². The Balaban J connectivity index is 1.33. The van der Waals surface area contributed by atoms with Gasteiger partial charge >= 0.3 is 0 Å². The first-order valence-corrected chi connectivity index (χ1v) is 10.9. The minimum absolute atomic E-state index is 0.784. The van der Waals surface area contributed by atoms with Gasteiger partial charge in [0.1, 0.15) is 0 Å². The molecule has 5 rings (SSSR count). The molecule has 0 radical (unpaired) electrons. The van der Waals surface area contributed by atoms with Crippen LogP contribution >= 0.6 is 11.3 Å². The molecule has 0 spiro atoms. The first-order valence-electron chi connectivity index (χ1n) is 10.0. The maximum absolute atomic E-state index is 5.47. The van der Waals surface area contributed by atoms with Gasteiger partial charge in [-0.3, -0.25) is 0 Å². The Morgan fingerprint density at radius 3 is 2.60 bits per heavy atom. The van der Waals surface area contributed by atoms with Crippen LogP contribution in [0.5, 0.6) is 0 Å². The van der Waals surface area contributed by atoms with Gasteiger partial charge in [-0.25, -0.2) is 9.97 Å². The van der Waals surface area contributed by atoms with Crippen LogP contribution in [0.25, 0.3) is 16.9 Å². The van der Waals surface area contributed by atoms with E-state index >= 15 is 0 Å². The molecule has 152 valence electrons. The fourth-order valence-electron chi connectivity index (χ4n) is 3.56. The largest absolute Gasteiger partial charge is 0.378 e. The zero-order valence-corrected chi connectivity index (χ0v) is 17.6. The number of nitrogens with one attached hydrogen (secondary N) is 1. The number of aryl methyl sites for hydroxylation is 1. The van der Waals surface area contributed by atoms with Crippen molar-refractivity contribution in [2.45, 2.75) is 6.92 Å². The average molecular weight is 418 g/mol. The molecule has 30 heavy (non-hydrogen) atoms. The van der Waals surface area contributed by atoms with E-state index in [1.807, 2.05) is 10.8 Å². The minimum Gasteiger partial charge on any atom is -0.378 e. The lowest BCUT2D eigenvalue weighted by atomic mass is 10.1. The second kappa shape index (κ2) is 8.30. The minimum atomic E-state index is 0.784. The van der Waals surface area contributed by atoms with E-state index in [0.29, 0.717) is 0 Å². The van der Waals surface area contributed by atoms with Gasteiger partial charge in [-0.2, -0.15) is 0 Å². The Kier molecular flexibility index (Phi) is 5.21. The molecule has 1 N–H and O–H groups in total. The molecular formula is C23H23N5OS. The molecule has 0 aliphatic carbocycles. The predicted octanol–water partition coefficient (Wildman–Crippen LogP) is 4.88. The zero-order chi connectivity index (χ0) is 20.3. The lowest BCUT2D eigenvalue weighted by Gasteiger charge is -2.29. The van der Waals surface area contributed by atoms with Gasteiger partial charge in [0, 0.05) is 53.5 Å². The van der Waals surface area contributed by atoms with E-state index in [4.69, 9.17) is 9.72 Å². The maximum atomic E-state index is 5.47. The Bertz CT molecular complexity index is 1110. The molecular weight excluding hydrogens is 394 g/mol. The topological polar surface area (TPSA) is 55.2 Å². The van der Waals surface area contributed by atoms with E-state index in [1.165, 1.54) is 11.3 Å². The van der Waals surface area contributed by atoms with Gasteiger partial charge in [0.2, 0.25) is 0 Å². The normalized spacial score (nSPS) is 14.1. The van der Waals surface area contributed by atoms with Crippen molar-refractivity contribution in [2.75, 3.05) is 36.5 Å². The third-order valence-electron chi connectivity index (χ3n) is 5.31. The van der Waals surface area contributed by atoms with Crippen molar-refractivity contribution < 1.29 is 4.74 Å². The smallest absolute Gasteiger partial charge is 0.187 e. The number of hydrogen-bond acceptors (Lipinski definition) is 6. The van der Waals surface area contributed by atoms with Crippen LogP contribution in [0.15, 0.2) is 66.6 Å². The molecule has 2 aromatic carbocycles. The second-order valence-corrected chi connectivity index (χ2v) is 8.14. The highest BCUT2D eigenvalue weighted by Gasteiger charge is 2.13. The molecule has 1 saturated heterocycles. The standard InChI is InChI=1S/C23H23N5OS/c1-17-2-5-20(27-10-12-29-13-11-27)14-21(17)25-23-26-22(15-30-23)18-3-6-19(7-4-18)28-9-8-24-16-28/h2-9,14-16H,10-13H2,1H3,(H,25,26). The van der Waals surface area contributed by atoms with E-state index in [0.717, 1.165) is 54.1 Å². The van der Waals surface area contributed by atoms with Crippen LogP contribution in [0, 0.1) is 6.92 Å². The highest BCUT2D eigenvalue weighted by molar-refractivity contribution is 7.14. The number of thiazole rings is 1. The third kappa shape index (κ3) is 3.94. The Morgan fingerprint density at radius 1 is 1.03 bits per heavy atom. The van der Waals surface area contributed by atoms with E-state index in [2.05, 4.69) is 70.0 Å². The van der Waals surface area contributed by atoms with E-state index in [1.54, 1.807) is 23.9 Å². The molecule has 6 nitrogen and oxygen atoms in total. The summed E-state index contributed by atoms with van der Waals surface area (Å²) in [5.41, 5.74) is 6.67. The fraction of sp³-hybridized carbons (Fsp3) is 0.217. The van der Waals surface area contributed by atoms with Gasteiger partial charge in [0.25, 0.3) is 0 Å². The van der Waals surface area contributed by atoms with E-state index in [9.17, 15) is 0 Å². The fourth-order valence-corrected chi connectivity index (χ4v) is 4.29. The molecule has 0 saturated carbocycles. The van der Waals surface area contributed by atoms with Crippen molar-refractivity contribution in [3.63, 3.8) is 0 Å². The summed E-state index contributed by atoms with van der Waals surface area (Å²) in [6.07, 6.45) is 5.52. The van der Waals surface area contributed by atoms with Crippen molar-refractivity contribution >= 4 is 27.8 Å². The summed E-state index contributed by atoms with van der Waals surface area (Å²) in [5, 5.41) is 6.50. The van der Waals surface area contributed by atoms with Crippen molar-refractivity contribution in [1.82, 2.24) is 14.5 Å². The Morgan fingerprint density at radius 2 is 1.83 bits per heavy atom. The highest BCUT2D eigenvalue weighted by Crippen LogP contribution is 2.31. The molecule has 2 aromatic heterocycles.